The fraction of sp³-hybridized carbons (Fsp3) is 0.538. The van der Waals surface area contributed by atoms with Crippen LogP contribution in [0.15, 0.2) is 18.2 Å². The van der Waals surface area contributed by atoms with Gasteiger partial charge >= 0.3 is 0 Å². The number of hydrogen-bond acceptors (Lipinski definition) is 2. The van der Waals surface area contributed by atoms with Crippen molar-refractivity contribution < 1.29 is 9.13 Å². The van der Waals surface area contributed by atoms with Gasteiger partial charge in [-0.05, 0) is 43.5 Å². The van der Waals surface area contributed by atoms with Crippen molar-refractivity contribution in [2.75, 3.05) is 13.2 Å². The molecule has 0 amide bonds. The SMILES string of the molecule is CC1(NCc2cc(F)cc(Cl)c2)CCOCC1. The Morgan fingerprint density at radius 3 is 2.71 bits per heavy atom. The van der Waals surface area contributed by atoms with E-state index in [-0.39, 0.29) is 11.4 Å². The standard InChI is InChI=1S/C13H17ClFNO/c1-13(2-4-17-5-3-13)16-9-10-6-11(14)8-12(15)7-10/h6-8,16H,2-5,9H2,1H3. The lowest BCUT2D eigenvalue weighted by Crippen LogP contribution is -2.46. The fourth-order valence-corrected chi connectivity index (χ4v) is 2.27. The van der Waals surface area contributed by atoms with Gasteiger partial charge < -0.3 is 10.1 Å². The van der Waals surface area contributed by atoms with Crippen molar-refractivity contribution in [3.05, 3.63) is 34.6 Å². The van der Waals surface area contributed by atoms with Crippen LogP contribution < -0.4 is 5.32 Å². The summed E-state index contributed by atoms with van der Waals surface area (Å²) in [7, 11) is 0. The largest absolute Gasteiger partial charge is 0.381 e. The van der Waals surface area contributed by atoms with Gasteiger partial charge in [-0.3, -0.25) is 0 Å². The van der Waals surface area contributed by atoms with Crippen molar-refractivity contribution in [3.63, 3.8) is 0 Å². The van der Waals surface area contributed by atoms with Gasteiger partial charge in [0.1, 0.15) is 5.82 Å². The van der Waals surface area contributed by atoms with E-state index in [0.29, 0.717) is 11.6 Å². The Hall–Kier alpha value is -0.640. The van der Waals surface area contributed by atoms with Gasteiger partial charge in [0.2, 0.25) is 0 Å². The highest BCUT2D eigenvalue weighted by Crippen LogP contribution is 2.21. The van der Waals surface area contributed by atoms with E-state index in [9.17, 15) is 4.39 Å². The Bertz CT molecular complexity index is 371. The Morgan fingerprint density at radius 2 is 2.06 bits per heavy atom. The minimum atomic E-state index is -0.286. The molecule has 17 heavy (non-hydrogen) atoms. The molecule has 94 valence electrons. The number of nitrogens with one attached hydrogen (secondary N) is 1. The zero-order valence-electron chi connectivity index (χ0n) is 9.93. The molecule has 1 heterocycles. The van der Waals surface area contributed by atoms with Crippen LogP contribution in [0.25, 0.3) is 0 Å². The van der Waals surface area contributed by atoms with E-state index in [4.69, 9.17) is 16.3 Å². The summed E-state index contributed by atoms with van der Waals surface area (Å²) in [6.07, 6.45) is 1.96. The molecule has 0 saturated carbocycles. The minimum absolute atomic E-state index is 0.0804. The van der Waals surface area contributed by atoms with Crippen molar-refractivity contribution in [1.29, 1.82) is 0 Å². The normalized spacial score (nSPS) is 19.2. The molecule has 0 radical (unpaired) electrons. The monoisotopic (exact) mass is 257 g/mol. The summed E-state index contributed by atoms with van der Waals surface area (Å²) in [6.45, 7) is 4.38. The summed E-state index contributed by atoms with van der Waals surface area (Å²) in [5.41, 5.74) is 0.958. The molecule has 1 aromatic carbocycles. The molecular formula is C13H17ClFNO. The molecule has 0 bridgehead atoms. The van der Waals surface area contributed by atoms with Crippen LogP contribution in [0.3, 0.4) is 0 Å². The predicted molar refractivity (Wildman–Crippen MR) is 66.7 cm³/mol. The molecule has 1 saturated heterocycles. The van der Waals surface area contributed by atoms with Crippen LogP contribution in [0, 0.1) is 5.82 Å². The van der Waals surface area contributed by atoms with Gasteiger partial charge in [-0.25, -0.2) is 4.39 Å². The highest BCUT2D eigenvalue weighted by atomic mass is 35.5. The lowest BCUT2D eigenvalue weighted by molar-refractivity contribution is 0.0446. The maximum absolute atomic E-state index is 13.2. The lowest BCUT2D eigenvalue weighted by Gasteiger charge is -2.34. The molecule has 1 fully saturated rings. The summed E-state index contributed by atoms with van der Waals surface area (Å²) in [5.74, 6) is -0.286. The topological polar surface area (TPSA) is 21.3 Å². The number of ether oxygens (including phenoxy) is 1. The molecule has 2 nitrogen and oxygen atoms in total. The van der Waals surface area contributed by atoms with Crippen molar-refractivity contribution in [2.45, 2.75) is 31.8 Å². The smallest absolute Gasteiger partial charge is 0.125 e. The second-order valence-corrected chi connectivity index (χ2v) is 5.24. The first kappa shape index (κ1) is 12.8. The third-order valence-electron chi connectivity index (χ3n) is 3.24. The molecule has 0 unspecified atom stereocenters. The van der Waals surface area contributed by atoms with Crippen LogP contribution in [0.4, 0.5) is 4.39 Å². The first-order valence-electron chi connectivity index (χ1n) is 5.85. The van der Waals surface area contributed by atoms with Crippen molar-refractivity contribution in [1.82, 2.24) is 5.32 Å². The lowest BCUT2D eigenvalue weighted by atomic mass is 9.92. The number of halogens is 2. The van der Waals surface area contributed by atoms with Gasteiger partial charge in [-0.15, -0.1) is 0 Å². The maximum atomic E-state index is 13.2. The highest BCUT2D eigenvalue weighted by Gasteiger charge is 2.26. The summed E-state index contributed by atoms with van der Waals surface area (Å²) >= 11 is 5.82. The van der Waals surface area contributed by atoms with Gasteiger partial charge in [0, 0.05) is 30.3 Å². The summed E-state index contributed by atoms with van der Waals surface area (Å²) in [6, 6.07) is 4.63. The Balaban J connectivity index is 1.96. The first-order chi connectivity index (χ1) is 8.07. The van der Waals surface area contributed by atoms with Gasteiger partial charge in [-0.2, -0.15) is 0 Å². The van der Waals surface area contributed by atoms with E-state index < -0.39 is 0 Å². The van der Waals surface area contributed by atoms with Crippen LogP contribution in [0.1, 0.15) is 25.3 Å². The average Bonchev–Trinajstić information content (AvgIpc) is 2.26. The van der Waals surface area contributed by atoms with Crippen molar-refractivity contribution >= 4 is 11.6 Å². The number of hydrogen-bond donors (Lipinski definition) is 1. The van der Waals surface area contributed by atoms with Gasteiger partial charge in [-0.1, -0.05) is 11.6 Å². The zero-order chi connectivity index (χ0) is 12.3. The molecule has 1 N–H and O–H groups in total. The van der Waals surface area contributed by atoms with E-state index in [0.717, 1.165) is 31.6 Å². The van der Waals surface area contributed by atoms with Gasteiger partial charge in [0.15, 0.2) is 0 Å². The van der Waals surface area contributed by atoms with Crippen LogP contribution in [0.2, 0.25) is 5.02 Å². The molecule has 2 rings (SSSR count). The maximum Gasteiger partial charge on any atom is 0.125 e. The molecule has 1 aliphatic heterocycles. The van der Waals surface area contributed by atoms with Crippen molar-refractivity contribution in [2.24, 2.45) is 0 Å². The molecule has 0 aromatic heterocycles. The summed E-state index contributed by atoms with van der Waals surface area (Å²) < 4.78 is 18.5. The van der Waals surface area contributed by atoms with E-state index in [1.54, 1.807) is 6.07 Å². The molecule has 0 atom stereocenters. The van der Waals surface area contributed by atoms with Gasteiger partial charge in [0.25, 0.3) is 0 Å². The predicted octanol–water partition coefficient (Wildman–Crippen LogP) is 3.14. The molecule has 1 aromatic rings. The Morgan fingerprint density at radius 1 is 1.35 bits per heavy atom. The van der Waals surface area contributed by atoms with Crippen LogP contribution in [0.5, 0.6) is 0 Å². The molecule has 0 aliphatic carbocycles. The van der Waals surface area contributed by atoms with E-state index in [2.05, 4.69) is 12.2 Å². The summed E-state index contributed by atoms with van der Waals surface area (Å²) in [4.78, 5) is 0. The highest BCUT2D eigenvalue weighted by molar-refractivity contribution is 6.30. The molecule has 0 spiro atoms. The number of benzene rings is 1. The Kier molecular flexibility index (Phi) is 4.02. The average molecular weight is 258 g/mol. The molecule has 4 heteroatoms. The zero-order valence-corrected chi connectivity index (χ0v) is 10.7. The first-order valence-corrected chi connectivity index (χ1v) is 6.23. The van der Waals surface area contributed by atoms with Crippen LogP contribution >= 0.6 is 11.6 Å². The second kappa shape index (κ2) is 5.34. The Labute approximate surface area is 106 Å². The van der Waals surface area contributed by atoms with E-state index in [1.165, 1.54) is 12.1 Å². The van der Waals surface area contributed by atoms with E-state index >= 15 is 0 Å². The molecule has 1 aliphatic rings. The van der Waals surface area contributed by atoms with Crippen molar-refractivity contribution in [3.8, 4) is 0 Å². The quantitative estimate of drug-likeness (QED) is 0.898. The van der Waals surface area contributed by atoms with Gasteiger partial charge in [0.05, 0.1) is 0 Å². The van der Waals surface area contributed by atoms with E-state index in [1.807, 2.05) is 0 Å². The minimum Gasteiger partial charge on any atom is -0.381 e. The van der Waals surface area contributed by atoms with Crippen LogP contribution in [-0.4, -0.2) is 18.8 Å². The third-order valence-corrected chi connectivity index (χ3v) is 3.46. The third kappa shape index (κ3) is 3.66. The van der Waals surface area contributed by atoms with Crippen LogP contribution in [-0.2, 0) is 11.3 Å². The molecular weight excluding hydrogens is 241 g/mol. The fourth-order valence-electron chi connectivity index (χ4n) is 2.03. The second-order valence-electron chi connectivity index (χ2n) is 4.80. The summed E-state index contributed by atoms with van der Waals surface area (Å²) in [5, 5.41) is 3.91. The number of rotatable bonds is 3.